The summed E-state index contributed by atoms with van der Waals surface area (Å²) in [6.45, 7) is 9.87. The number of fused-ring (bicyclic) bond motifs is 5. The van der Waals surface area contributed by atoms with E-state index in [0.717, 1.165) is 30.6 Å². The van der Waals surface area contributed by atoms with Crippen LogP contribution in [-0.4, -0.2) is 16.2 Å². The number of allylic oxidation sites excluding steroid dienone is 3. The van der Waals surface area contributed by atoms with Gasteiger partial charge in [0.1, 0.15) is 0 Å². The van der Waals surface area contributed by atoms with Gasteiger partial charge < -0.3 is 5.11 Å². The van der Waals surface area contributed by atoms with Gasteiger partial charge in [0, 0.05) is 12.4 Å². The molecule has 2 nitrogen and oxygen atoms in total. The van der Waals surface area contributed by atoms with Gasteiger partial charge in [0.25, 0.3) is 0 Å². The second-order valence-electron chi connectivity index (χ2n) is 10.9. The van der Waals surface area contributed by atoms with Crippen LogP contribution in [0.15, 0.2) is 41.7 Å². The van der Waals surface area contributed by atoms with Gasteiger partial charge in [-0.05, 0) is 110 Å². The smallest absolute Gasteiger partial charge is 0.0577 e. The van der Waals surface area contributed by atoms with E-state index in [1.165, 1.54) is 37.7 Å². The molecule has 2 fully saturated rings. The number of aliphatic hydroxyl groups excluding tert-OH is 1. The molecule has 0 amide bonds. The highest BCUT2D eigenvalue weighted by Crippen LogP contribution is 2.68. The van der Waals surface area contributed by atoms with Gasteiger partial charge in [0.05, 0.1) is 6.10 Å². The molecule has 0 bridgehead atoms. The van der Waals surface area contributed by atoms with Crippen molar-refractivity contribution in [3.05, 3.63) is 47.3 Å². The Bertz CT molecular complexity index is 855. The van der Waals surface area contributed by atoms with E-state index in [1.54, 1.807) is 16.7 Å². The van der Waals surface area contributed by atoms with E-state index >= 15 is 0 Å². The zero-order valence-electron chi connectivity index (χ0n) is 18.6. The van der Waals surface area contributed by atoms with Gasteiger partial charge in [0.2, 0.25) is 0 Å². The van der Waals surface area contributed by atoms with Crippen molar-refractivity contribution in [2.45, 2.75) is 78.7 Å². The molecule has 2 heteroatoms. The molecule has 4 aliphatic rings. The van der Waals surface area contributed by atoms with E-state index in [9.17, 15) is 5.11 Å². The number of hydrogen-bond donors (Lipinski definition) is 1. The molecule has 156 valence electrons. The summed E-state index contributed by atoms with van der Waals surface area (Å²) >= 11 is 0. The molecule has 1 heterocycles. The molecule has 0 spiro atoms. The van der Waals surface area contributed by atoms with E-state index in [1.807, 2.05) is 12.4 Å². The summed E-state index contributed by atoms with van der Waals surface area (Å²) in [7, 11) is 0. The van der Waals surface area contributed by atoms with Crippen LogP contribution in [0.4, 0.5) is 0 Å². The van der Waals surface area contributed by atoms with Crippen molar-refractivity contribution in [2.24, 2.45) is 34.5 Å². The van der Waals surface area contributed by atoms with Gasteiger partial charge in [-0.2, -0.15) is 0 Å². The fourth-order valence-electron chi connectivity index (χ4n) is 8.22. The Morgan fingerprint density at radius 1 is 1.03 bits per heavy atom. The lowest BCUT2D eigenvalue weighted by Crippen LogP contribution is -2.52. The summed E-state index contributed by atoms with van der Waals surface area (Å²) in [5, 5.41) is 10.4. The highest BCUT2D eigenvalue weighted by molar-refractivity contribution is 5.75. The molecule has 1 N–H and O–H groups in total. The molecule has 0 radical (unpaired) electrons. The summed E-state index contributed by atoms with van der Waals surface area (Å²) in [6, 6.07) is 4.44. The Kier molecular flexibility index (Phi) is 4.59. The second-order valence-corrected chi connectivity index (χ2v) is 10.9. The summed E-state index contributed by atoms with van der Waals surface area (Å²) < 4.78 is 0. The second kappa shape index (κ2) is 6.80. The van der Waals surface area contributed by atoms with E-state index in [2.05, 4.69) is 50.9 Å². The zero-order chi connectivity index (χ0) is 20.4. The van der Waals surface area contributed by atoms with Crippen LogP contribution in [0.1, 0.15) is 78.2 Å². The summed E-state index contributed by atoms with van der Waals surface area (Å²) in [4.78, 5) is 4.27. The molecule has 0 aliphatic heterocycles. The summed E-state index contributed by atoms with van der Waals surface area (Å²) in [6.07, 6.45) is 14.6. The van der Waals surface area contributed by atoms with E-state index in [4.69, 9.17) is 0 Å². The quantitative estimate of drug-likeness (QED) is 0.590. The monoisotopic (exact) mass is 391 g/mol. The fraction of sp³-hybridized carbons (Fsp3) is 0.667. The van der Waals surface area contributed by atoms with Crippen LogP contribution in [0.2, 0.25) is 0 Å². The van der Waals surface area contributed by atoms with Gasteiger partial charge in [-0.3, -0.25) is 4.98 Å². The Morgan fingerprint density at radius 3 is 2.48 bits per heavy atom. The van der Waals surface area contributed by atoms with Crippen LogP contribution in [-0.2, 0) is 0 Å². The van der Waals surface area contributed by atoms with Crippen molar-refractivity contribution in [1.29, 1.82) is 0 Å². The minimum absolute atomic E-state index is 0.120. The van der Waals surface area contributed by atoms with Gasteiger partial charge in [0.15, 0.2) is 0 Å². The van der Waals surface area contributed by atoms with E-state index < -0.39 is 0 Å². The molecule has 4 aliphatic carbocycles. The van der Waals surface area contributed by atoms with Gasteiger partial charge >= 0.3 is 0 Å². The highest BCUT2D eigenvalue weighted by atomic mass is 16.3. The standard InChI is InChI=1S/C27H37NO/c1-5-18-15-20-16-21(29)6-10-26(20,3)22-7-11-27(4)23(24(18)22)14-17(2)25(27)19-8-12-28-13-9-19/h8-9,12-13,15,18,21-24,29H,5-7,10-11,14,16H2,1-4H3/t18-,21-,22-,23-,24+,26-,27-/m0/s1. The largest absolute Gasteiger partial charge is 0.393 e. The molecular formula is C27H37NO. The number of aliphatic hydroxyl groups is 1. The van der Waals surface area contributed by atoms with Crippen LogP contribution >= 0.6 is 0 Å². The Morgan fingerprint density at radius 2 is 1.76 bits per heavy atom. The molecule has 29 heavy (non-hydrogen) atoms. The van der Waals surface area contributed by atoms with Gasteiger partial charge in [-0.25, -0.2) is 0 Å². The number of hydrogen-bond acceptors (Lipinski definition) is 2. The lowest BCUT2D eigenvalue weighted by Gasteiger charge is -2.60. The maximum absolute atomic E-state index is 10.4. The van der Waals surface area contributed by atoms with Gasteiger partial charge in [-0.1, -0.05) is 38.0 Å². The summed E-state index contributed by atoms with van der Waals surface area (Å²) in [5.41, 5.74) is 6.81. The van der Waals surface area contributed by atoms with Crippen LogP contribution in [0.25, 0.3) is 5.57 Å². The first-order valence-corrected chi connectivity index (χ1v) is 11.9. The number of nitrogens with zero attached hydrogens (tertiary/aromatic N) is 1. The molecule has 5 rings (SSSR count). The van der Waals surface area contributed by atoms with Crippen LogP contribution in [0.3, 0.4) is 0 Å². The molecule has 2 saturated carbocycles. The SMILES string of the molecule is CC[C@H]1C=C2C[C@@H](O)CC[C@]2(C)[C@H]2CC[C@]3(C)C(c4ccncc4)=C(C)C[C@H]3[C@H]12. The Hall–Kier alpha value is -1.41. The van der Waals surface area contributed by atoms with Crippen LogP contribution in [0.5, 0.6) is 0 Å². The average molecular weight is 392 g/mol. The molecule has 1 aromatic heterocycles. The molecular weight excluding hydrogens is 354 g/mol. The van der Waals surface area contributed by atoms with E-state index in [-0.39, 0.29) is 11.5 Å². The minimum atomic E-state index is -0.120. The van der Waals surface area contributed by atoms with Crippen molar-refractivity contribution in [3.63, 3.8) is 0 Å². The Balaban J connectivity index is 1.57. The van der Waals surface area contributed by atoms with Crippen molar-refractivity contribution in [3.8, 4) is 0 Å². The fourth-order valence-corrected chi connectivity index (χ4v) is 8.22. The van der Waals surface area contributed by atoms with Crippen molar-refractivity contribution in [2.75, 3.05) is 0 Å². The third-order valence-electron chi connectivity index (χ3n) is 9.60. The van der Waals surface area contributed by atoms with Gasteiger partial charge in [-0.15, -0.1) is 0 Å². The van der Waals surface area contributed by atoms with Crippen LogP contribution < -0.4 is 0 Å². The maximum atomic E-state index is 10.4. The molecule has 0 saturated heterocycles. The molecule has 1 aromatic rings. The average Bonchev–Trinajstić information content (AvgIpc) is 2.98. The third kappa shape index (κ3) is 2.74. The number of rotatable bonds is 2. The van der Waals surface area contributed by atoms with Crippen LogP contribution in [0, 0.1) is 34.5 Å². The number of pyridine rings is 1. The predicted octanol–water partition coefficient (Wildman–Crippen LogP) is 6.42. The van der Waals surface area contributed by atoms with E-state index in [0.29, 0.717) is 11.3 Å². The predicted molar refractivity (Wildman–Crippen MR) is 119 cm³/mol. The minimum Gasteiger partial charge on any atom is -0.393 e. The Labute approximate surface area is 176 Å². The van der Waals surface area contributed by atoms with Crippen molar-refractivity contribution >= 4 is 5.57 Å². The molecule has 0 aromatic carbocycles. The zero-order valence-corrected chi connectivity index (χ0v) is 18.6. The summed E-state index contributed by atoms with van der Waals surface area (Å²) in [5.74, 6) is 2.97. The highest BCUT2D eigenvalue weighted by Gasteiger charge is 2.59. The number of aromatic nitrogens is 1. The van der Waals surface area contributed by atoms with Crippen molar-refractivity contribution in [1.82, 2.24) is 4.98 Å². The lowest BCUT2D eigenvalue weighted by molar-refractivity contribution is -0.0467. The van der Waals surface area contributed by atoms with Crippen molar-refractivity contribution < 1.29 is 5.11 Å². The molecule has 7 atom stereocenters. The topological polar surface area (TPSA) is 33.1 Å². The first-order chi connectivity index (χ1) is 13.9. The lowest BCUT2D eigenvalue weighted by atomic mass is 9.45. The first-order valence-electron chi connectivity index (χ1n) is 11.9. The normalized spacial score (nSPS) is 44.0. The first kappa shape index (κ1) is 19.5. The maximum Gasteiger partial charge on any atom is 0.0577 e. The molecule has 0 unspecified atom stereocenters. The third-order valence-corrected chi connectivity index (χ3v) is 9.60.